The number of hydrogen-bond donors (Lipinski definition) is 1. The van der Waals surface area contributed by atoms with E-state index in [0.29, 0.717) is 17.5 Å². The molecule has 3 aromatic rings. The molecule has 250 valence electrons. The minimum absolute atomic E-state index is 0.0633. The van der Waals surface area contributed by atoms with Gasteiger partial charge >= 0.3 is 23.5 Å². The van der Waals surface area contributed by atoms with Crippen LogP contribution in [0.2, 0.25) is 0 Å². The molecule has 1 N–H and O–H groups in total. The first-order valence-electron chi connectivity index (χ1n) is 15.7. The lowest BCUT2D eigenvalue weighted by Crippen LogP contribution is -2.72. The Kier molecular flexibility index (Phi) is 8.15. The molecule has 3 aliphatic rings. The van der Waals surface area contributed by atoms with E-state index in [1.807, 2.05) is 13.0 Å². The Bertz CT molecular complexity index is 1870. The van der Waals surface area contributed by atoms with Crippen LogP contribution >= 0.6 is 0 Å². The van der Waals surface area contributed by atoms with E-state index in [4.69, 9.17) is 23.4 Å². The summed E-state index contributed by atoms with van der Waals surface area (Å²) in [5.74, 6) is -3.27. The number of pyridine rings is 1. The van der Waals surface area contributed by atoms with Crippen molar-refractivity contribution in [2.45, 2.75) is 70.9 Å². The van der Waals surface area contributed by atoms with Crippen molar-refractivity contribution >= 4 is 17.9 Å². The van der Waals surface area contributed by atoms with Crippen molar-refractivity contribution in [3.63, 3.8) is 0 Å². The number of carbonyl (C=O) groups excluding carboxylic acids is 3. The van der Waals surface area contributed by atoms with Crippen LogP contribution in [0.25, 0.3) is 11.3 Å². The van der Waals surface area contributed by atoms with Crippen molar-refractivity contribution in [3.8, 4) is 23.1 Å². The first-order chi connectivity index (χ1) is 22.8. The molecule has 1 aromatic carbocycles. The number of nitrogens with zero attached hydrogens (tertiary/aromatic N) is 2. The zero-order chi connectivity index (χ0) is 34.6. The predicted molar refractivity (Wildman–Crippen MR) is 167 cm³/mol. The van der Waals surface area contributed by atoms with Crippen LogP contribution in [0.4, 0.5) is 0 Å². The highest BCUT2D eigenvalue weighted by molar-refractivity contribution is 5.89. The number of hydrogen-bond acceptors (Lipinski definition) is 12. The summed E-state index contributed by atoms with van der Waals surface area (Å²) in [6.45, 7) is 6.57. The highest BCUT2D eigenvalue weighted by atomic mass is 16.6. The largest absolute Gasteiger partial charge is 0.482 e. The van der Waals surface area contributed by atoms with Gasteiger partial charge in [-0.3, -0.25) is 14.6 Å². The van der Waals surface area contributed by atoms with E-state index < -0.39 is 70.1 Å². The second-order valence-corrected chi connectivity index (χ2v) is 13.4. The van der Waals surface area contributed by atoms with Crippen LogP contribution in [0.1, 0.15) is 74.5 Å². The van der Waals surface area contributed by atoms with E-state index in [1.54, 1.807) is 32.2 Å². The molecule has 12 heteroatoms. The van der Waals surface area contributed by atoms with E-state index in [2.05, 4.69) is 4.98 Å². The van der Waals surface area contributed by atoms with Gasteiger partial charge in [-0.25, -0.2) is 9.59 Å². The van der Waals surface area contributed by atoms with E-state index in [-0.39, 0.29) is 35.5 Å². The highest BCUT2D eigenvalue weighted by Gasteiger charge is 2.72. The molecule has 2 aliphatic carbocycles. The summed E-state index contributed by atoms with van der Waals surface area (Å²) in [4.78, 5) is 57.3. The van der Waals surface area contributed by atoms with Gasteiger partial charge in [-0.15, -0.1) is 0 Å². The fourth-order valence-electron chi connectivity index (χ4n) is 8.62. The molecule has 0 radical (unpaired) electrons. The van der Waals surface area contributed by atoms with Gasteiger partial charge in [-0.1, -0.05) is 6.92 Å². The molecule has 2 aromatic heterocycles. The second kappa shape index (κ2) is 11.9. The van der Waals surface area contributed by atoms with Crippen LogP contribution in [0.15, 0.2) is 64.1 Å². The highest BCUT2D eigenvalue weighted by Crippen LogP contribution is 2.67. The third kappa shape index (κ3) is 5.04. The van der Waals surface area contributed by atoms with Crippen molar-refractivity contribution in [2.24, 2.45) is 22.7 Å². The summed E-state index contributed by atoms with van der Waals surface area (Å²) >= 11 is 0. The second-order valence-electron chi connectivity index (χ2n) is 13.4. The lowest BCUT2D eigenvalue weighted by Gasteiger charge is -2.65. The van der Waals surface area contributed by atoms with Gasteiger partial charge in [0, 0.05) is 36.9 Å². The molecular formula is C36H36N2O10. The van der Waals surface area contributed by atoms with Gasteiger partial charge in [0.15, 0.2) is 0 Å². The Hall–Kier alpha value is -5.02. The van der Waals surface area contributed by atoms with E-state index >= 15 is 0 Å². The number of aromatic nitrogens is 1. The average Bonchev–Trinajstić information content (AvgIpc) is 3.06. The standard InChI is InChI=1S/C36H36N2O10/c1-19(39)45-26-12-13-34(2)25(35(26,3)33(43)44-5)16-27(47-31(41)21-10-8-20(17-37)9-11-21)36(4)30(34)29(40)28-24(48-36)15-23(46-32(28)42)22-7-6-14-38-18-22/h6-11,14-15,18,25-27,29-30,40H,12-13,16H2,1-5H3/t25-,26+,27+,29+,30-,34+,35+,36-/m1/s1. The number of nitriles is 1. The van der Waals surface area contributed by atoms with Crippen molar-refractivity contribution in [1.82, 2.24) is 4.98 Å². The van der Waals surface area contributed by atoms with Gasteiger partial charge in [0.05, 0.1) is 30.4 Å². The molecule has 6 rings (SSSR count). The van der Waals surface area contributed by atoms with Crippen LogP contribution in [0.5, 0.6) is 5.75 Å². The Morgan fingerprint density at radius 3 is 2.44 bits per heavy atom. The van der Waals surface area contributed by atoms with Gasteiger partial charge in [-0.05, 0) is 80.8 Å². The normalized spacial score (nSPS) is 31.8. The minimum Gasteiger partial charge on any atom is -0.482 e. The summed E-state index contributed by atoms with van der Waals surface area (Å²) in [6, 6.07) is 12.9. The number of benzene rings is 1. The Morgan fingerprint density at radius 2 is 1.81 bits per heavy atom. The Labute approximate surface area is 276 Å². The van der Waals surface area contributed by atoms with Gasteiger partial charge in [0.2, 0.25) is 0 Å². The summed E-state index contributed by atoms with van der Waals surface area (Å²) < 4.78 is 29.6. The fourth-order valence-corrected chi connectivity index (χ4v) is 8.62. The quantitative estimate of drug-likeness (QED) is 0.300. The maximum Gasteiger partial charge on any atom is 0.345 e. The monoisotopic (exact) mass is 656 g/mol. The number of aliphatic hydroxyl groups excluding tert-OH is 1. The number of aliphatic hydroxyl groups is 1. The van der Waals surface area contributed by atoms with Crippen LogP contribution < -0.4 is 10.4 Å². The van der Waals surface area contributed by atoms with Gasteiger partial charge in [-0.2, -0.15) is 5.26 Å². The lowest BCUT2D eigenvalue weighted by molar-refractivity contribution is -0.262. The molecule has 2 fully saturated rings. The van der Waals surface area contributed by atoms with E-state index in [0.717, 1.165) is 0 Å². The maximum atomic E-state index is 13.7. The van der Waals surface area contributed by atoms with Crippen LogP contribution in [0.3, 0.4) is 0 Å². The van der Waals surface area contributed by atoms with Crippen LogP contribution in [-0.2, 0) is 23.8 Å². The van der Waals surface area contributed by atoms with Crippen molar-refractivity contribution in [3.05, 3.63) is 82.0 Å². The molecule has 1 aliphatic heterocycles. The van der Waals surface area contributed by atoms with Crippen LogP contribution in [0, 0.1) is 34.0 Å². The SMILES string of the molecule is COC(=O)[C@]1(C)[C@@H](OC(C)=O)CC[C@]2(C)[C@H]3[C@@H](O)c4c(cc(-c5cccnc5)oc4=O)O[C@]3(C)[C@@H](OC(=O)c3ccc(C#N)cc3)C[C@H]21. The first kappa shape index (κ1) is 32.9. The third-order valence-electron chi connectivity index (χ3n) is 10.8. The molecule has 8 atom stereocenters. The molecule has 0 unspecified atom stereocenters. The molecule has 0 saturated heterocycles. The summed E-state index contributed by atoms with van der Waals surface area (Å²) in [7, 11) is 1.25. The smallest absolute Gasteiger partial charge is 0.345 e. The van der Waals surface area contributed by atoms with Gasteiger partial charge in [0.25, 0.3) is 0 Å². The zero-order valence-electron chi connectivity index (χ0n) is 27.2. The average molecular weight is 657 g/mol. The van der Waals surface area contributed by atoms with Crippen molar-refractivity contribution < 1.29 is 42.9 Å². The van der Waals surface area contributed by atoms with Crippen molar-refractivity contribution in [1.29, 1.82) is 5.26 Å². The number of esters is 3. The topological polar surface area (TPSA) is 175 Å². The Balaban J connectivity index is 1.51. The number of carbonyl (C=O) groups is 3. The summed E-state index contributed by atoms with van der Waals surface area (Å²) in [5, 5.41) is 21.5. The molecule has 0 amide bonds. The third-order valence-corrected chi connectivity index (χ3v) is 10.8. The van der Waals surface area contributed by atoms with E-state index in [9.17, 15) is 29.5 Å². The van der Waals surface area contributed by atoms with E-state index in [1.165, 1.54) is 50.6 Å². The Morgan fingerprint density at radius 1 is 1.08 bits per heavy atom. The minimum atomic E-state index is -1.46. The number of ether oxygens (including phenoxy) is 4. The predicted octanol–water partition coefficient (Wildman–Crippen LogP) is 4.53. The molecule has 12 nitrogen and oxygen atoms in total. The van der Waals surface area contributed by atoms with Gasteiger partial charge < -0.3 is 28.5 Å². The molecular weight excluding hydrogens is 620 g/mol. The maximum absolute atomic E-state index is 13.7. The molecule has 48 heavy (non-hydrogen) atoms. The zero-order valence-corrected chi connectivity index (χ0v) is 27.2. The number of fused-ring (bicyclic) bond motifs is 4. The lowest BCUT2D eigenvalue weighted by atomic mass is 9.42. The summed E-state index contributed by atoms with van der Waals surface area (Å²) in [5.41, 5.74) is -3.63. The molecule has 2 saturated carbocycles. The van der Waals surface area contributed by atoms with Crippen molar-refractivity contribution in [2.75, 3.05) is 7.11 Å². The number of methoxy groups -OCH3 is 1. The summed E-state index contributed by atoms with van der Waals surface area (Å²) in [6.07, 6.45) is 0.375. The van der Waals surface area contributed by atoms with Crippen LogP contribution in [-0.4, -0.2) is 52.9 Å². The van der Waals surface area contributed by atoms with Gasteiger partial charge in [0.1, 0.15) is 40.3 Å². The fraction of sp³-hybridized carbons (Fsp3) is 0.444. The molecule has 3 heterocycles. The number of rotatable bonds is 5. The molecule has 0 bridgehead atoms. The first-order valence-corrected chi connectivity index (χ1v) is 15.7. The molecule has 0 spiro atoms.